The van der Waals surface area contributed by atoms with E-state index in [1.807, 2.05) is 12.1 Å². The van der Waals surface area contributed by atoms with E-state index in [1.165, 1.54) is 0 Å². The minimum Gasteiger partial charge on any atom is -0.497 e. The van der Waals surface area contributed by atoms with Gasteiger partial charge in [-0.05, 0) is 48.4 Å². The third kappa shape index (κ3) is 6.19. The number of rotatable bonds is 8. The van der Waals surface area contributed by atoms with E-state index in [-0.39, 0.29) is 12.8 Å². The van der Waals surface area contributed by atoms with E-state index in [0.717, 1.165) is 24.2 Å². The van der Waals surface area contributed by atoms with Crippen LogP contribution < -0.4 is 14.8 Å². The number of nitrogens with one attached hydrogen (secondary N) is 1. The van der Waals surface area contributed by atoms with Crippen molar-refractivity contribution in [2.45, 2.75) is 25.8 Å². The van der Waals surface area contributed by atoms with Gasteiger partial charge >= 0.3 is 6.09 Å². The maximum Gasteiger partial charge on any atom is 0.410 e. The fourth-order valence-electron chi connectivity index (χ4n) is 2.31. The van der Waals surface area contributed by atoms with Gasteiger partial charge in [0.1, 0.15) is 11.5 Å². The van der Waals surface area contributed by atoms with Crippen LogP contribution in [-0.4, -0.2) is 20.0 Å². The molecule has 1 atom stereocenters. The predicted octanol–water partition coefficient (Wildman–Crippen LogP) is 4.95. The number of amides is 1. The Morgan fingerprint density at radius 3 is 2.32 bits per heavy atom. The molecular formula is C19H22ClNO4. The summed E-state index contributed by atoms with van der Waals surface area (Å²) >= 11 is 5.91. The lowest BCUT2D eigenvalue weighted by atomic mass is 10.0. The SMILES string of the molecule is CCCC(NC(=O)OCOc1ccc(OC)cc1)c1ccc(Cl)cc1. The normalized spacial score (nSPS) is 11.5. The van der Waals surface area contributed by atoms with E-state index in [0.29, 0.717) is 10.8 Å². The Labute approximate surface area is 152 Å². The molecule has 0 spiro atoms. The Kier molecular flexibility index (Phi) is 7.41. The number of benzene rings is 2. The monoisotopic (exact) mass is 363 g/mol. The number of alkyl carbamates (subject to hydrolysis) is 1. The quantitative estimate of drug-likeness (QED) is 0.674. The Morgan fingerprint density at radius 2 is 1.72 bits per heavy atom. The van der Waals surface area contributed by atoms with Gasteiger partial charge in [-0.1, -0.05) is 37.1 Å². The number of ether oxygens (including phenoxy) is 3. The van der Waals surface area contributed by atoms with Crippen LogP contribution in [0.5, 0.6) is 11.5 Å². The van der Waals surface area contributed by atoms with Crippen LogP contribution in [0.2, 0.25) is 5.02 Å². The van der Waals surface area contributed by atoms with Gasteiger partial charge in [0.05, 0.1) is 13.2 Å². The molecule has 1 amide bonds. The van der Waals surface area contributed by atoms with E-state index in [1.54, 1.807) is 43.5 Å². The first-order valence-electron chi connectivity index (χ1n) is 8.08. The zero-order valence-corrected chi connectivity index (χ0v) is 15.1. The highest BCUT2D eigenvalue weighted by molar-refractivity contribution is 6.30. The van der Waals surface area contributed by atoms with Crippen LogP contribution in [0.15, 0.2) is 48.5 Å². The Morgan fingerprint density at radius 1 is 1.08 bits per heavy atom. The van der Waals surface area contributed by atoms with Gasteiger partial charge in [0, 0.05) is 5.02 Å². The van der Waals surface area contributed by atoms with Crippen molar-refractivity contribution in [2.24, 2.45) is 0 Å². The van der Waals surface area contributed by atoms with Crippen molar-refractivity contribution in [3.05, 3.63) is 59.1 Å². The van der Waals surface area contributed by atoms with E-state index in [2.05, 4.69) is 12.2 Å². The van der Waals surface area contributed by atoms with E-state index in [4.69, 9.17) is 25.8 Å². The molecule has 2 aromatic rings. The molecule has 2 rings (SSSR count). The molecule has 0 aliphatic rings. The minimum absolute atomic E-state index is 0.129. The molecule has 5 nitrogen and oxygen atoms in total. The van der Waals surface area contributed by atoms with Gasteiger partial charge in [-0.25, -0.2) is 4.79 Å². The largest absolute Gasteiger partial charge is 0.497 e. The fourth-order valence-corrected chi connectivity index (χ4v) is 2.44. The van der Waals surface area contributed by atoms with Crippen molar-refractivity contribution in [2.75, 3.05) is 13.9 Å². The molecule has 2 aromatic carbocycles. The average molecular weight is 364 g/mol. The standard InChI is InChI=1S/C19H22ClNO4/c1-3-4-18(14-5-7-15(20)8-6-14)21-19(22)25-13-24-17-11-9-16(23-2)10-12-17/h5-12,18H,3-4,13H2,1-2H3,(H,21,22). The van der Waals surface area contributed by atoms with Gasteiger partial charge in [-0.2, -0.15) is 0 Å². The second-order valence-electron chi connectivity index (χ2n) is 5.41. The van der Waals surface area contributed by atoms with Gasteiger partial charge in [-0.3, -0.25) is 0 Å². The highest BCUT2D eigenvalue weighted by atomic mass is 35.5. The number of hydrogen-bond acceptors (Lipinski definition) is 4. The first kappa shape index (κ1) is 18.9. The van der Waals surface area contributed by atoms with E-state index < -0.39 is 6.09 Å². The highest BCUT2D eigenvalue weighted by Crippen LogP contribution is 2.21. The zero-order valence-electron chi connectivity index (χ0n) is 14.3. The summed E-state index contributed by atoms with van der Waals surface area (Å²) in [5, 5.41) is 3.52. The predicted molar refractivity (Wildman–Crippen MR) is 97.2 cm³/mol. The summed E-state index contributed by atoms with van der Waals surface area (Å²) in [6.45, 7) is 1.89. The van der Waals surface area contributed by atoms with Crippen molar-refractivity contribution in [3.63, 3.8) is 0 Å². The molecular weight excluding hydrogens is 342 g/mol. The topological polar surface area (TPSA) is 56.8 Å². The van der Waals surface area contributed by atoms with Crippen molar-refractivity contribution < 1.29 is 19.0 Å². The third-order valence-electron chi connectivity index (χ3n) is 3.62. The van der Waals surface area contributed by atoms with Gasteiger partial charge in [-0.15, -0.1) is 0 Å². The van der Waals surface area contributed by atoms with Crippen LogP contribution in [-0.2, 0) is 4.74 Å². The van der Waals surface area contributed by atoms with Crippen LogP contribution in [0.3, 0.4) is 0 Å². The fraction of sp³-hybridized carbons (Fsp3) is 0.316. The lowest BCUT2D eigenvalue weighted by Crippen LogP contribution is -2.30. The second kappa shape index (κ2) is 9.79. The molecule has 0 aliphatic heterocycles. The summed E-state index contributed by atoms with van der Waals surface area (Å²) in [4.78, 5) is 12.0. The molecule has 0 fully saturated rings. The van der Waals surface area contributed by atoms with E-state index >= 15 is 0 Å². The number of carbonyl (C=O) groups is 1. The smallest absolute Gasteiger partial charge is 0.410 e. The highest BCUT2D eigenvalue weighted by Gasteiger charge is 2.14. The Balaban J connectivity index is 1.82. The molecule has 1 N–H and O–H groups in total. The van der Waals surface area contributed by atoms with Crippen LogP contribution in [0, 0.1) is 0 Å². The summed E-state index contributed by atoms with van der Waals surface area (Å²) < 4.78 is 15.5. The van der Waals surface area contributed by atoms with Crippen LogP contribution >= 0.6 is 11.6 Å². The summed E-state index contributed by atoms with van der Waals surface area (Å²) in [7, 11) is 1.59. The molecule has 0 radical (unpaired) electrons. The molecule has 25 heavy (non-hydrogen) atoms. The molecule has 0 aliphatic carbocycles. The molecule has 134 valence electrons. The minimum atomic E-state index is -0.526. The molecule has 0 heterocycles. The summed E-state index contributed by atoms with van der Waals surface area (Å²) in [5.74, 6) is 1.33. The second-order valence-corrected chi connectivity index (χ2v) is 5.84. The Hall–Kier alpha value is -2.40. The Bertz CT molecular complexity index is 658. The molecule has 1 unspecified atom stereocenters. The molecule has 0 saturated carbocycles. The van der Waals surface area contributed by atoms with Crippen molar-refractivity contribution in [1.82, 2.24) is 5.32 Å². The molecule has 0 saturated heterocycles. The first-order valence-corrected chi connectivity index (χ1v) is 8.45. The van der Waals surface area contributed by atoms with Crippen molar-refractivity contribution >= 4 is 17.7 Å². The van der Waals surface area contributed by atoms with Gasteiger partial charge in [0.2, 0.25) is 6.79 Å². The number of methoxy groups -OCH3 is 1. The number of halogens is 1. The lowest BCUT2D eigenvalue weighted by Gasteiger charge is -2.18. The van der Waals surface area contributed by atoms with Gasteiger partial charge in [0.15, 0.2) is 0 Å². The van der Waals surface area contributed by atoms with Crippen LogP contribution in [0.25, 0.3) is 0 Å². The van der Waals surface area contributed by atoms with Crippen LogP contribution in [0.1, 0.15) is 31.4 Å². The first-order chi connectivity index (χ1) is 12.1. The lowest BCUT2D eigenvalue weighted by molar-refractivity contribution is 0.0572. The average Bonchev–Trinajstić information content (AvgIpc) is 2.62. The van der Waals surface area contributed by atoms with Gasteiger partial charge in [0.25, 0.3) is 0 Å². The van der Waals surface area contributed by atoms with Crippen molar-refractivity contribution in [3.8, 4) is 11.5 Å². The van der Waals surface area contributed by atoms with Gasteiger partial charge < -0.3 is 19.5 Å². The van der Waals surface area contributed by atoms with E-state index in [9.17, 15) is 4.79 Å². The summed E-state index contributed by atoms with van der Waals surface area (Å²) in [6.07, 6.45) is 1.20. The third-order valence-corrected chi connectivity index (χ3v) is 3.87. The zero-order chi connectivity index (χ0) is 18.1. The number of carbonyl (C=O) groups excluding carboxylic acids is 1. The molecule has 0 bridgehead atoms. The molecule has 0 aromatic heterocycles. The van der Waals surface area contributed by atoms with Crippen LogP contribution in [0.4, 0.5) is 4.79 Å². The maximum atomic E-state index is 12.0. The van der Waals surface area contributed by atoms with Crippen molar-refractivity contribution in [1.29, 1.82) is 0 Å². The molecule has 6 heteroatoms. The number of hydrogen-bond donors (Lipinski definition) is 1. The maximum absolute atomic E-state index is 12.0. The summed E-state index contributed by atoms with van der Waals surface area (Å²) in [6, 6.07) is 14.3. The summed E-state index contributed by atoms with van der Waals surface area (Å²) in [5.41, 5.74) is 0.985.